The number of nitrogens with zero attached hydrogens (tertiary/aromatic N) is 1. The van der Waals surface area contributed by atoms with E-state index in [1.54, 1.807) is 30.0 Å². The van der Waals surface area contributed by atoms with Crippen molar-refractivity contribution in [2.45, 2.75) is 32.2 Å². The van der Waals surface area contributed by atoms with Crippen LogP contribution in [0.15, 0.2) is 18.2 Å². The predicted molar refractivity (Wildman–Crippen MR) is 73.5 cm³/mol. The number of benzene rings is 1. The van der Waals surface area contributed by atoms with Gasteiger partial charge in [0.15, 0.2) is 0 Å². The van der Waals surface area contributed by atoms with Crippen LogP contribution < -0.4 is 0 Å². The third kappa shape index (κ3) is 2.61. The highest BCUT2D eigenvalue weighted by Gasteiger charge is 2.33. The van der Waals surface area contributed by atoms with Crippen molar-refractivity contribution < 1.29 is 19.4 Å². The molecule has 1 saturated heterocycles. The van der Waals surface area contributed by atoms with Crippen LogP contribution in [0.25, 0.3) is 0 Å². The van der Waals surface area contributed by atoms with Gasteiger partial charge in [-0.3, -0.25) is 4.79 Å². The first-order valence-electron chi connectivity index (χ1n) is 6.73. The van der Waals surface area contributed by atoms with E-state index in [9.17, 15) is 14.7 Å². The Kier molecular flexibility index (Phi) is 4.27. The molecule has 0 spiro atoms. The topological polar surface area (TPSA) is 66.8 Å². The summed E-state index contributed by atoms with van der Waals surface area (Å²) in [5.41, 5.74) is 0.965. The number of aromatic hydroxyl groups is 1. The number of methoxy groups -OCH3 is 1. The summed E-state index contributed by atoms with van der Waals surface area (Å²) in [6, 6.07) is 4.32. The molecule has 1 aliphatic rings. The number of ether oxygens (including phenoxy) is 1. The maximum Gasteiger partial charge on any atom is 0.328 e. The number of rotatable bonds is 2. The molecular formula is C15H19NO4. The van der Waals surface area contributed by atoms with Gasteiger partial charge >= 0.3 is 5.97 Å². The first kappa shape index (κ1) is 14.4. The summed E-state index contributed by atoms with van der Waals surface area (Å²) in [6.45, 7) is 2.23. The van der Waals surface area contributed by atoms with Gasteiger partial charge in [-0.1, -0.05) is 6.07 Å². The lowest BCUT2D eigenvalue weighted by molar-refractivity contribution is -0.147. The zero-order chi connectivity index (χ0) is 14.7. The van der Waals surface area contributed by atoms with Crippen molar-refractivity contribution in [3.8, 4) is 5.75 Å². The molecule has 2 rings (SSSR count). The van der Waals surface area contributed by atoms with Gasteiger partial charge in [-0.2, -0.15) is 0 Å². The average molecular weight is 277 g/mol. The normalized spacial score (nSPS) is 18.7. The summed E-state index contributed by atoms with van der Waals surface area (Å²) in [4.78, 5) is 26.0. The van der Waals surface area contributed by atoms with E-state index < -0.39 is 6.04 Å². The number of likely N-dealkylation sites (tertiary alicyclic amines) is 1. The van der Waals surface area contributed by atoms with E-state index in [1.807, 2.05) is 0 Å². The Hall–Kier alpha value is -2.04. The molecule has 1 aromatic carbocycles. The molecule has 1 aromatic rings. The number of carbonyl (C=O) groups excluding carboxylic acids is 2. The number of carbonyl (C=O) groups is 2. The van der Waals surface area contributed by atoms with Crippen molar-refractivity contribution in [1.29, 1.82) is 0 Å². The van der Waals surface area contributed by atoms with Crippen LogP contribution in [0.3, 0.4) is 0 Å². The molecule has 1 N–H and O–H groups in total. The lowest BCUT2D eigenvalue weighted by Gasteiger charge is -2.34. The SMILES string of the molecule is COC(=O)[C@H]1CCCCN1C(=O)c1cccc(O)c1C. The van der Waals surface area contributed by atoms with Gasteiger partial charge in [-0.15, -0.1) is 0 Å². The molecule has 0 unspecified atom stereocenters. The van der Waals surface area contributed by atoms with Crippen molar-refractivity contribution in [2.24, 2.45) is 0 Å². The number of amides is 1. The molecule has 0 aromatic heterocycles. The first-order valence-corrected chi connectivity index (χ1v) is 6.73. The molecule has 5 heteroatoms. The van der Waals surface area contributed by atoms with Crippen LogP contribution in [0.4, 0.5) is 0 Å². The Morgan fingerprint density at radius 2 is 2.10 bits per heavy atom. The number of esters is 1. The second-order valence-corrected chi connectivity index (χ2v) is 4.98. The largest absolute Gasteiger partial charge is 0.508 e. The van der Waals surface area contributed by atoms with Gasteiger partial charge < -0.3 is 14.7 Å². The molecule has 0 saturated carbocycles. The molecule has 1 amide bonds. The summed E-state index contributed by atoms with van der Waals surface area (Å²) in [5.74, 6) is -0.521. The smallest absolute Gasteiger partial charge is 0.328 e. The van der Waals surface area contributed by atoms with E-state index in [-0.39, 0.29) is 17.6 Å². The van der Waals surface area contributed by atoms with Crippen molar-refractivity contribution >= 4 is 11.9 Å². The second-order valence-electron chi connectivity index (χ2n) is 4.98. The third-order valence-electron chi connectivity index (χ3n) is 3.77. The standard InChI is InChI=1S/C15H19NO4/c1-10-11(6-5-8-13(10)17)14(18)16-9-4-3-7-12(16)15(19)20-2/h5-6,8,12,17H,3-4,7,9H2,1-2H3/t12-/m1/s1. The van der Waals surface area contributed by atoms with Gasteiger partial charge in [-0.05, 0) is 38.3 Å². The monoisotopic (exact) mass is 277 g/mol. The summed E-state index contributed by atoms with van der Waals surface area (Å²) in [5, 5.41) is 9.71. The number of piperidine rings is 1. The fraction of sp³-hybridized carbons (Fsp3) is 0.467. The highest BCUT2D eigenvalue weighted by molar-refractivity contribution is 5.98. The van der Waals surface area contributed by atoms with E-state index in [1.165, 1.54) is 7.11 Å². The fourth-order valence-electron chi connectivity index (χ4n) is 2.57. The zero-order valence-corrected chi connectivity index (χ0v) is 11.8. The van der Waals surface area contributed by atoms with Crippen molar-refractivity contribution in [3.05, 3.63) is 29.3 Å². The van der Waals surface area contributed by atoms with Gasteiger partial charge in [0.2, 0.25) is 0 Å². The van der Waals surface area contributed by atoms with E-state index in [0.29, 0.717) is 24.1 Å². The summed E-state index contributed by atoms with van der Waals surface area (Å²) < 4.78 is 4.78. The van der Waals surface area contributed by atoms with Crippen molar-refractivity contribution in [1.82, 2.24) is 4.90 Å². The Labute approximate surface area is 118 Å². The van der Waals surface area contributed by atoms with E-state index in [4.69, 9.17) is 4.74 Å². The van der Waals surface area contributed by atoms with Gasteiger partial charge in [0.05, 0.1) is 7.11 Å². The summed E-state index contributed by atoms with van der Waals surface area (Å²) in [7, 11) is 1.33. The van der Waals surface area contributed by atoms with Gasteiger partial charge in [0.25, 0.3) is 5.91 Å². The molecule has 1 fully saturated rings. The minimum atomic E-state index is -0.525. The maximum absolute atomic E-state index is 12.6. The molecular weight excluding hydrogens is 258 g/mol. The first-order chi connectivity index (χ1) is 9.56. The average Bonchev–Trinajstić information content (AvgIpc) is 2.48. The van der Waals surface area contributed by atoms with Crippen LogP contribution in [-0.4, -0.2) is 41.6 Å². The van der Waals surface area contributed by atoms with Crippen LogP contribution in [0.1, 0.15) is 35.2 Å². The molecule has 1 atom stereocenters. The maximum atomic E-state index is 12.6. The van der Waals surface area contributed by atoms with E-state index >= 15 is 0 Å². The van der Waals surface area contributed by atoms with Gasteiger partial charge in [0.1, 0.15) is 11.8 Å². The Morgan fingerprint density at radius 3 is 2.80 bits per heavy atom. The molecule has 0 radical (unpaired) electrons. The van der Waals surface area contributed by atoms with Gasteiger partial charge in [0, 0.05) is 17.7 Å². The second kappa shape index (κ2) is 5.94. The minimum absolute atomic E-state index is 0.0856. The van der Waals surface area contributed by atoms with Crippen molar-refractivity contribution in [2.75, 3.05) is 13.7 Å². The molecule has 108 valence electrons. The lowest BCUT2D eigenvalue weighted by Crippen LogP contribution is -2.48. The third-order valence-corrected chi connectivity index (χ3v) is 3.77. The fourth-order valence-corrected chi connectivity index (χ4v) is 2.57. The number of hydrogen-bond donors (Lipinski definition) is 1. The number of phenolic OH excluding ortho intramolecular Hbond substituents is 1. The predicted octanol–water partition coefficient (Wildman–Crippen LogP) is 1.87. The summed E-state index contributed by atoms with van der Waals surface area (Å²) in [6.07, 6.45) is 2.40. The number of hydrogen-bond acceptors (Lipinski definition) is 4. The van der Waals surface area contributed by atoms with Crippen LogP contribution >= 0.6 is 0 Å². The highest BCUT2D eigenvalue weighted by atomic mass is 16.5. The van der Waals surface area contributed by atoms with Gasteiger partial charge in [-0.25, -0.2) is 4.79 Å². The van der Waals surface area contributed by atoms with Crippen molar-refractivity contribution in [3.63, 3.8) is 0 Å². The van der Waals surface area contributed by atoms with Crippen LogP contribution in [0, 0.1) is 6.92 Å². The Bertz CT molecular complexity index is 527. The highest BCUT2D eigenvalue weighted by Crippen LogP contribution is 2.25. The molecule has 20 heavy (non-hydrogen) atoms. The van der Waals surface area contributed by atoms with Crippen LogP contribution in [-0.2, 0) is 9.53 Å². The molecule has 0 aliphatic carbocycles. The molecule has 5 nitrogen and oxygen atoms in total. The van der Waals surface area contributed by atoms with Crippen LogP contribution in [0.2, 0.25) is 0 Å². The summed E-state index contributed by atoms with van der Waals surface area (Å²) >= 11 is 0. The molecule has 1 heterocycles. The quantitative estimate of drug-likeness (QED) is 0.838. The lowest BCUT2D eigenvalue weighted by atomic mass is 9.99. The Morgan fingerprint density at radius 1 is 1.35 bits per heavy atom. The van der Waals surface area contributed by atoms with Crippen LogP contribution in [0.5, 0.6) is 5.75 Å². The molecule has 1 aliphatic heterocycles. The zero-order valence-electron chi connectivity index (χ0n) is 11.8. The molecule has 0 bridgehead atoms. The van der Waals surface area contributed by atoms with E-state index in [2.05, 4.69) is 0 Å². The Balaban J connectivity index is 2.30. The number of phenols is 1. The minimum Gasteiger partial charge on any atom is -0.508 e. The van der Waals surface area contributed by atoms with E-state index in [0.717, 1.165) is 12.8 Å².